The minimum absolute atomic E-state index is 0.143. The van der Waals surface area contributed by atoms with Crippen LogP contribution >= 0.6 is 0 Å². The van der Waals surface area contributed by atoms with Crippen molar-refractivity contribution in [3.8, 4) is 5.75 Å². The molecule has 0 atom stereocenters. The van der Waals surface area contributed by atoms with Crippen molar-refractivity contribution in [1.82, 2.24) is 8.96 Å². The summed E-state index contributed by atoms with van der Waals surface area (Å²) in [7, 11) is -2.37. The first-order valence-electron chi connectivity index (χ1n) is 8.44. The molecule has 3 rings (SSSR count). The average molecular weight is 372 g/mol. The lowest BCUT2D eigenvalue weighted by Crippen LogP contribution is -2.16. The van der Waals surface area contributed by atoms with E-state index in [2.05, 4.69) is 4.98 Å². The van der Waals surface area contributed by atoms with Crippen LogP contribution in [0.1, 0.15) is 37.5 Å². The molecular formula is C20H24N2O3S. The molecule has 1 heterocycles. The molecule has 0 bridgehead atoms. The van der Waals surface area contributed by atoms with Crippen molar-refractivity contribution in [2.45, 2.75) is 44.9 Å². The number of imidazole rings is 1. The van der Waals surface area contributed by atoms with Gasteiger partial charge in [0.1, 0.15) is 17.0 Å². The first-order valence-corrected chi connectivity index (χ1v) is 9.88. The maximum absolute atomic E-state index is 13.4. The highest BCUT2D eigenvalue weighted by atomic mass is 32.2. The number of aryl methyl sites for hydroxylation is 2. The quantitative estimate of drug-likeness (QED) is 0.691. The maximum Gasteiger partial charge on any atom is 0.273 e. The van der Waals surface area contributed by atoms with Crippen molar-refractivity contribution in [2.24, 2.45) is 0 Å². The standard InChI is InChI=1S/C20H24N2O3S/c1-13-9-16-17(10-14(13)2)22(12-21-16)26(23,24)19-11-15(20(3,4)5)7-8-18(19)25-6/h7-12H,1-6H3. The van der Waals surface area contributed by atoms with Crippen LogP contribution in [0.25, 0.3) is 11.0 Å². The molecule has 0 N–H and O–H groups in total. The molecule has 0 fully saturated rings. The molecule has 0 aliphatic carbocycles. The van der Waals surface area contributed by atoms with E-state index >= 15 is 0 Å². The first kappa shape index (κ1) is 18.5. The molecule has 1 aromatic heterocycles. The summed E-state index contributed by atoms with van der Waals surface area (Å²) in [4.78, 5) is 4.43. The van der Waals surface area contributed by atoms with Crippen molar-refractivity contribution >= 4 is 21.1 Å². The summed E-state index contributed by atoms with van der Waals surface area (Å²) in [5.41, 5.74) is 4.06. The summed E-state index contributed by atoms with van der Waals surface area (Å²) >= 11 is 0. The molecule has 6 heteroatoms. The minimum atomic E-state index is -3.85. The Morgan fingerprint density at radius 2 is 1.69 bits per heavy atom. The lowest BCUT2D eigenvalue weighted by Gasteiger charge is -2.21. The van der Waals surface area contributed by atoms with Gasteiger partial charge in [0.2, 0.25) is 0 Å². The monoisotopic (exact) mass is 372 g/mol. The molecule has 0 amide bonds. The summed E-state index contributed by atoms with van der Waals surface area (Å²) in [6, 6.07) is 9.06. The van der Waals surface area contributed by atoms with Crippen molar-refractivity contribution in [3.63, 3.8) is 0 Å². The topological polar surface area (TPSA) is 61.2 Å². The van der Waals surface area contributed by atoms with Gasteiger partial charge in [0.15, 0.2) is 0 Å². The second-order valence-corrected chi connectivity index (χ2v) is 9.37. The molecule has 0 unspecified atom stereocenters. The molecule has 138 valence electrons. The van der Waals surface area contributed by atoms with Gasteiger partial charge in [-0.3, -0.25) is 0 Å². The van der Waals surface area contributed by atoms with Crippen molar-refractivity contribution < 1.29 is 13.2 Å². The van der Waals surface area contributed by atoms with Gasteiger partial charge in [-0.1, -0.05) is 26.8 Å². The van der Waals surface area contributed by atoms with E-state index in [-0.39, 0.29) is 10.3 Å². The van der Waals surface area contributed by atoms with E-state index in [1.54, 1.807) is 12.1 Å². The van der Waals surface area contributed by atoms with E-state index < -0.39 is 10.0 Å². The van der Waals surface area contributed by atoms with Crippen LogP contribution in [0.5, 0.6) is 5.75 Å². The van der Waals surface area contributed by atoms with Gasteiger partial charge < -0.3 is 4.74 Å². The Balaban J connectivity index is 2.28. The predicted octanol–water partition coefficient (Wildman–Crippen LogP) is 4.20. The van der Waals surface area contributed by atoms with Crippen LogP contribution in [0, 0.1) is 13.8 Å². The Morgan fingerprint density at radius 1 is 1.04 bits per heavy atom. The first-order chi connectivity index (χ1) is 12.1. The molecule has 5 nitrogen and oxygen atoms in total. The van der Waals surface area contributed by atoms with Crippen LogP contribution < -0.4 is 4.74 Å². The van der Waals surface area contributed by atoms with Crippen LogP contribution in [0.15, 0.2) is 41.6 Å². The molecule has 26 heavy (non-hydrogen) atoms. The summed E-state index contributed by atoms with van der Waals surface area (Å²) in [5.74, 6) is 0.323. The SMILES string of the molecule is COc1ccc(C(C)(C)C)cc1S(=O)(=O)n1cnc2cc(C)c(C)cc21. The fourth-order valence-electron chi connectivity index (χ4n) is 2.88. The zero-order chi connectivity index (χ0) is 19.3. The molecule has 0 saturated carbocycles. The molecular weight excluding hydrogens is 348 g/mol. The number of nitrogens with zero attached hydrogens (tertiary/aromatic N) is 2. The summed E-state index contributed by atoms with van der Waals surface area (Å²) in [6.07, 6.45) is 1.36. The Hall–Kier alpha value is -2.34. The highest BCUT2D eigenvalue weighted by Gasteiger charge is 2.26. The number of aromatic nitrogens is 2. The predicted molar refractivity (Wildman–Crippen MR) is 103 cm³/mol. The van der Waals surface area contributed by atoms with Crippen molar-refractivity contribution in [3.05, 3.63) is 53.3 Å². The van der Waals surface area contributed by atoms with E-state index in [1.807, 2.05) is 52.8 Å². The number of ether oxygens (including phenoxy) is 1. The van der Waals surface area contributed by atoms with Gasteiger partial charge >= 0.3 is 0 Å². The lowest BCUT2D eigenvalue weighted by molar-refractivity contribution is 0.401. The Kier molecular flexibility index (Phi) is 4.35. The van der Waals surface area contributed by atoms with Gasteiger partial charge in [0.25, 0.3) is 10.0 Å². The Labute approximate surface area is 154 Å². The Morgan fingerprint density at radius 3 is 2.31 bits per heavy atom. The van der Waals surface area contributed by atoms with Gasteiger partial charge in [0, 0.05) is 0 Å². The van der Waals surface area contributed by atoms with Crippen molar-refractivity contribution in [2.75, 3.05) is 7.11 Å². The molecule has 2 aromatic carbocycles. The van der Waals surface area contributed by atoms with Crippen LogP contribution in [-0.4, -0.2) is 24.5 Å². The fourth-order valence-corrected chi connectivity index (χ4v) is 4.35. The van der Waals surface area contributed by atoms with Gasteiger partial charge in [-0.15, -0.1) is 0 Å². The third-order valence-electron chi connectivity index (χ3n) is 4.70. The van der Waals surface area contributed by atoms with Gasteiger partial charge in [-0.2, -0.15) is 0 Å². The highest BCUT2D eigenvalue weighted by Crippen LogP contribution is 2.33. The molecule has 0 saturated heterocycles. The lowest BCUT2D eigenvalue weighted by atomic mass is 9.87. The van der Waals surface area contributed by atoms with Crippen LogP contribution in [0.2, 0.25) is 0 Å². The summed E-state index contributed by atoms with van der Waals surface area (Å²) in [6.45, 7) is 10.1. The van der Waals surface area contributed by atoms with Crippen LogP contribution in [0.4, 0.5) is 0 Å². The number of rotatable bonds is 3. The molecule has 0 radical (unpaired) electrons. The number of hydrogen-bond donors (Lipinski definition) is 0. The zero-order valence-electron chi connectivity index (χ0n) is 16.0. The largest absolute Gasteiger partial charge is 0.495 e. The summed E-state index contributed by atoms with van der Waals surface area (Å²) < 4.78 is 33.4. The van der Waals surface area contributed by atoms with E-state index in [0.717, 1.165) is 16.7 Å². The minimum Gasteiger partial charge on any atom is -0.495 e. The smallest absolute Gasteiger partial charge is 0.273 e. The average Bonchev–Trinajstić information content (AvgIpc) is 2.97. The number of hydrogen-bond acceptors (Lipinski definition) is 4. The summed E-state index contributed by atoms with van der Waals surface area (Å²) in [5, 5.41) is 0. The molecule has 0 aliphatic rings. The van der Waals surface area contributed by atoms with Gasteiger partial charge in [-0.05, 0) is 60.2 Å². The molecule has 0 spiro atoms. The third-order valence-corrected chi connectivity index (χ3v) is 6.38. The van der Waals surface area contributed by atoms with Crippen LogP contribution in [-0.2, 0) is 15.4 Å². The number of fused-ring (bicyclic) bond motifs is 1. The van der Waals surface area contributed by atoms with E-state index in [9.17, 15) is 8.42 Å². The third kappa shape index (κ3) is 2.98. The van der Waals surface area contributed by atoms with Gasteiger partial charge in [-0.25, -0.2) is 17.4 Å². The Bertz CT molecular complexity index is 1090. The number of benzene rings is 2. The normalized spacial score (nSPS) is 12.5. The second kappa shape index (κ2) is 6.13. The van der Waals surface area contributed by atoms with Crippen LogP contribution in [0.3, 0.4) is 0 Å². The highest BCUT2D eigenvalue weighted by molar-refractivity contribution is 7.90. The zero-order valence-corrected chi connectivity index (χ0v) is 16.8. The fraction of sp³-hybridized carbons (Fsp3) is 0.350. The molecule has 0 aliphatic heterocycles. The van der Waals surface area contributed by atoms with Crippen molar-refractivity contribution in [1.29, 1.82) is 0 Å². The van der Waals surface area contributed by atoms with E-state index in [4.69, 9.17) is 4.74 Å². The second-order valence-electron chi connectivity index (χ2n) is 7.59. The van der Waals surface area contributed by atoms with Gasteiger partial charge in [0.05, 0.1) is 18.1 Å². The van der Waals surface area contributed by atoms with E-state index in [0.29, 0.717) is 16.8 Å². The maximum atomic E-state index is 13.4. The van der Waals surface area contributed by atoms with E-state index in [1.165, 1.54) is 17.4 Å². The number of methoxy groups -OCH3 is 1. The molecule has 3 aromatic rings.